The number of aromatic nitrogens is 2. The van der Waals surface area contributed by atoms with Crippen LogP contribution in [0.1, 0.15) is 27.9 Å². The molecule has 21 heavy (non-hydrogen) atoms. The highest BCUT2D eigenvalue weighted by Gasteiger charge is 2.07. The zero-order valence-electron chi connectivity index (χ0n) is 13.1. The summed E-state index contributed by atoms with van der Waals surface area (Å²) >= 11 is 0. The maximum Gasteiger partial charge on any atom is 0.160 e. The zero-order chi connectivity index (χ0) is 15.0. The van der Waals surface area contributed by atoms with Gasteiger partial charge < -0.3 is 9.72 Å². The Balaban J connectivity index is 1.95. The predicted molar refractivity (Wildman–Crippen MR) is 87.9 cm³/mol. The van der Waals surface area contributed by atoms with Crippen molar-refractivity contribution in [3.05, 3.63) is 64.6 Å². The van der Waals surface area contributed by atoms with Crippen LogP contribution in [0, 0.1) is 27.7 Å². The number of nitrogens with zero attached hydrogens (tertiary/aromatic N) is 2. The van der Waals surface area contributed by atoms with Crippen molar-refractivity contribution in [2.75, 3.05) is 5.32 Å². The summed E-state index contributed by atoms with van der Waals surface area (Å²) in [5.74, 6) is 0. The van der Waals surface area contributed by atoms with Crippen molar-refractivity contribution in [2.24, 2.45) is 0 Å². The largest absolute Gasteiger partial charge is 0.378 e. The van der Waals surface area contributed by atoms with Crippen molar-refractivity contribution < 1.29 is 0 Å². The molecule has 0 aliphatic carbocycles. The van der Waals surface area contributed by atoms with E-state index in [-0.39, 0.29) is 0 Å². The van der Waals surface area contributed by atoms with Crippen LogP contribution < -0.4 is 5.32 Å². The van der Waals surface area contributed by atoms with Gasteiger partial charge in [-0.15, -0.1) is 0 Å². The van der Waals surface area contributed by atoms with Crippen LogP contribution in [0.15, 0.2) is 36.7 Å². The van der Waals surface area contributed by atoms with Crippen molar-refractivity contribution >= 4 is 11.3 Å². The van der Waals surface area contributed by atoms with Crippen LogP contribution in [-0.4, -0.2) is 9.38 Å². The Morgan fingerprint density at radius 3 is 2.48 bits per heavy atom. The second-order valence-corrected chi connectivity index (χ2v) is 5.77. The summed E-state index contributed by atoms with van der Waals surface area (Å²) < 4.78 is 2.09. The SMILES string of the molecule is Cc1cc(NCc2c(C)cccc2C)c2nc(C)cn2c1. The van der Waals surface area contributed by atoms with Gasteiger partial charge in [0.2, 0.25) is 0 Å². The van der Waals surface area contributed by atoms with E-state index in [0.29, 0.717) is 0 Å². The molecule has 0 radical (unpaired) electrons. The van der Waals surface area contributed by atoms with E-state index in [9.17, 15) is 0 Å². The maximum absolute atomic E-state index is 4.61. The van der Waals surface area contributed by atoms with Crippen molar-refractivity contribution in [1.82, 2.24) is 9.38 Å². The molecule has 3 nitrogen and oxygen atoms in total. The van der Waals surface area contributed by atoms with Crippen LogP contribution >= 0.6 is 0 Å². The number of rotatable bonds is 3. The predicted octanol–water partition coefficient (Wildman–Crippen LogP) is 4.18. The molecule has 0 bridgehead atoms. The summed E-state index contributed by atoms with van der Waals surface area (Å²) in [5, 5.41) is 3.56. The van der Waals surface area contributed by atoms with Gasteiger partial charge in [-0.25, -0.2) is 4.98 Å². The molecule has 3 rings (SSSR count). The monoisotopic (exact) mass is 279 g/mol. The Kier molecular flexibility index (Phi) is 3.42. The van der Waals surface area contributed by atoms with Gasteiger partial charge in [0.25, 0.3) is 0 Å². The van der Waals surface area contributed by atoms with Gasteiger partial charge in [-0.2, -0.15) is 0 Å². The molecule has 0 fully saturated rings. The van der Waals surface area contributed by atoms with Crippen LogP contribution in [0.3, 0.4) is 0 Å². The van der Waals surface area contributed by atoms with Crippen molar-refractivity contribution in [2.45, 2.75) is 34.2 Å². The first-order valence-corrected chi connectivity index (χ1v) is 7.29. The van der Waals surface area contributed by atoms with Gasteiger partial charge in [-0.05, 0) is 56.0 Å². The van der Waals surface area contributed by atoms with Gasteiger partial charge >= 0.3 is 0 Å². The fourth-order valence-corrected chi connectivity index (χ4v) is 2.80. The Bertz CT molecular complexity index is 779. The lowest BCUT2D eigenvalue weighted by Crippen LogP contribution is -2.05. The molecular weight excluding hydrogens is 258 g/mol. The van der Waals surface area contributed by atoms with E-state index >= 15 is 0 Å². The topological polar surface area (TPSA) is 29.3 Å². The average molecular weight is 279 g/mol. The number of hydrogen-bond donors (Lipinski definition) is 1. The fraction of sp³-hybridized carbons (Fsp3) is 0.278. The molecular formula is C18H21N3. The first kappa shape index (κ1) is 13.7. The molecule has 0 unspecified atom stereocenters. The minimum atomic E-state index is 0.823. The van der Waals surface area contributed by atoms with Crippen LogP contribution in [0.2, 0.25) is 0 Å². The number of hydrogen-bond acceptors (Lipinski definition) is 2. The highest BCUT2D eigenvalue weighted by atomic mass is 15.0. The van der Waals surface area contributed by atoms with Gasteiger partial charge in [0.1, 0.15) is 0 Å². The molecule has 0 aliphatic rings. The number of pyridine rings is 1. The molecule has 0 saturated carbocycles. The Hall–Kier alpha value is -2.29. The first-order chi connectivity index (χ1) is 10.0. The van der Waals surface area contributed by atoms with Gasteiger partial charge in [-0.3, -0.25) is 0 Å². The lowest BCUT2D eigenvalue weighted by atomic mass is 10.0. The summed E-state index contributed by atoms with van der Waals surface area (Å²) in [4.78, 5) is 4.61. The summed E-state index contributed by atoms with van der Waals surface area (Å²) in [5.41, 5.74) is 8.35. The van der Waals surface area contributed by atoms with Crippen LogP contribution in [0.4, 0.5) is 5.69 Å². The molecule has 0 aliphatic heterocycles. The number of benzene rings is 1. The third-order valence-electron chi connectivity index (χ3n) is 3.91. The number of aryl methyl sites for hydroxylation is 4. The first-order valence-electron chi connectivity index (χ1n) is 7.29. The van der Waals surface area contributed by atoms with Crippen LogP contribution in [0.5, 0.6) is 0 Å². The van der Waals surface area contributed by atoms with Crippen molar-refractivity contribution in [3.63, 3.8) is 0 Å². The molecule has 108 valence electrons. The highest BCUT2D eigenvalue weighted by molar-refractivity contribution is 5.69. The zero-order valence-corrected chi connectivity index (χ0v) is 13.1. The molecule has 3 heteroatoms. The van der Waals surface area contributed by atoms with Gasteiger partial charge in [0.15, 0.2) is 5.65 Å². The minimum absolute atomic E-state index is 0.823. The van der Waals surface area contributed by atoms with Crippen molar-refractivity contribution in [3.8, 4) is 0 Å². The summed E-state index contributed by atoms with van der Waals surface area (Å²) in [6, 6.07) is 8.59. The minimum Gasteiger partial charge on any atom is -0.378 e. The van der Waals surface area contributed by atoms with E-state index in [1.807, 2.05) is 6.92 Å². The summed E-state index contributed by atoms with van der Waals surface area (Å²) in [6.07, 6.45) is 4.17. The van der Waals surface area contributed by atoms with Gasteiger partial charge in [0.05, 0.1) is 11.4 Å². The standard InChI is InChI=1S/C18H21N3/c1-12-8-17(18-20-15(4)11-21(18)10-12)19-9-16-13(2)6-5-7-14(16)3/h5-8,10-11,19H,9H2,1-4H3. The third kappa shape index (κ3) is 2.64. The lowest BCUT2D eigenvalue weighted by molar-refractivity contribution is 1.07. The lowest BCUT2D eigenvalue weighted by Gasteiger charge is -2.13. The van der Waals surface area contributed by atoms with E-state index in [2.05, 4.69) is 72.1 Å². The molecule has 0 saturated heterocycles. The Morgan fingerprint density at radius 2 is 1.76 bits per heavy atom. The van der Waals surface area contributed by atoms with Gasteiger partial charge in [-0.1, -0.05) is 18.2 Å². The number of anilines is 1. The number of fused-ring (bicyclic) bond motifs is 1. The summed E-state index contributed by atoms with van der Waals surface area (Å²) in [7, 11) is 0. The number of imidazole rings is 1. The Morgan fingerprint density at radius 1 is 1.05 bits per heavy atom. The Labute approximate surface area is 125 Å². The maximum atomic E-state index is 4.61. The second kappa shape index (κ2) is 5.24. The molecule has 0 atom stereocenters. The van der Waals surface area contributed by atoms with E-state index < -0.39 is 0 Å². The molecule has 1 N–H and O–H groups in total. The second-order valence-electron chi connectivity index (χ2n) is 5.77. The molecule has 3 aromatic rings. The van der Waals surface area contributed by atoms with Gasteiger partial charge in [0, 0.05) is 18.9 Å². The van der Waals surface area contributed by atoms with E-state index in [4.69, 9.17) is 0 Å². The molecule has 0 amide bonds. The van der Waals surface area contributed by atoms with Crippen molar-refractivity contribution in [1.29, 1.82) is 0 Å². The molecule has 2 heterocycles. The third-order valence-corrected chi connectivity index (χ3v) is 3.91. The highest BCUT2D eigenvalue weighted by Crippen LogP contribution is 2.21. The fourth-order valence-electron chi connectivity index (χ4n) is 2.80. The van der Waals surface area contributed by atoms with E-state index in [0.717, 1.165) is 23.6 Å². The molecule has 2 aromatic heterocycles. The summed E-state index contributed by atoms with van der Waals surface area (Å²) in [6.45, 7) is 9.28. The number of nitrogens with one attached hydrogen (secondary N) is 1. The normalized spacial score (nSPS) is 11.0. The van der Waals surface area contributed by atoms with E-state index in [1.165, 1.54) is 22.3 Å². The smallest absolute Gasteiger partial charge is 0.160 e. The quantitative estimate of drug-likeness (QED) is 0.779. The van der Waals surface area contributed by atoms with Crippen LogP contribution in [0.25, 0.3) is 5.65 Å². The molecule has 1 aromatic carbocycles. The molecule has 0 spiro atoms. The average Bonchev–Trinajstić information content (AvgIpc) is 2.78. The van der Waals surface area contributed by atoms with E-state index in [1.54, 1.807) is 0 Å². The van der Waals surface area contributed by atoms with Crippen LogP contribution in [-0.2, 0) is 6.54 Å².